The van der Waals surface area contributed by atoms with Crippen molar-refractivity contribution in [3.8, 4) is 16.8 Å². The van der Waals surface area contributed by atoms with Crippen LogP contribution in [-0.4, -0.2) is 4.57 Å². The van der Waals surface area contributed by atoms with Crippen molar-refractivity contribution in [3.63, 3.8) is 0 Å². The topological polar surface area (TPSA) is 8.17 Å². The smallest absolute Gasteiger partial charge is 0.0542 e. The van der Waals surface area contributed by atoms with Crippen LogP contribution in [0.4, 0.5) is 17.1 Å². The van der Waals surface area contributed by atoms with Gasteiger partial charge in [0.25, 0.3) is 0 Å². The van der Waals surface area contributed by atoms with E-state index in [1.165, 1.54) is 38.6 Å². The number of rotatable bonds is 5. The Bertz CT molecular complexity index is 1890. The van der Waals surface area contributed by atoms with Gasteiger partial charge in [0.05, 0.1) is 11.0 Å². The summed E-state index contributed by atoms with van der Waals surface area (Å²) in [5.41, 5.74) is 9.34. The van der Waals surface area contributed by atoms with Crippen molar-refractivity contribution in [2.24, 2.45) is 0 Å². The Hall–Kier alpha value is -4.60. The number of fused-ring (bicyclic) bond motifs is 3. The van der Waals surface area contributed by atoms with Gasteiger partial charge in [-0.15, -0.1) is 0 Å². The number of nitrogens with zero attached hydrogens (tertiary/aromatic N) is 2. The Morgan fingerprint density at radius 1 is 0.436 bits per heavy atom. The van der Waals surface area contributed by atoms with Crippen molar-refractivity contribution >= 4 is 54.8 Å². The molecule has 0 aliphatic rings. The summed E-state index contributed by atoms with van der Waals surface area (Å²) in [6.07, 6.45) is 0. The summed E-state index contributed by atoms with van der Waals surface area (Å²) in [5, 5.41) is 2.48. The highest BCUT2D eigenvalue weighted by atomic mass is 79.9. The van der Waals surface area contributed by atoms with Gasteiger partial charge in [-0.3, -0.25) is 0 Å². The van der Waals surface area contributed by atoms with Gasteiger partial charge in [-0.2, -0.15) is 0 Å². The van der Waals surface area contributed by atoms with Crippen LogP contribution in [0.15, 0.2) is 156 Å². The third kappa shape index (κ3) is 4.31. The average Bonchev–Trinajstić information content (AvgIpc) is 3.33. The van der Waals surface area contributed by atoms with Crippen molar-refractivity contribution in [2.45, 2.75) is 0 Å². The summed E-state index contributed by atoms with van der Waals surface area (Å²) in [7, 11) is 0. The molecule has 0 atom stereocenters. The molecule has 0 unspecified atom stereocenters. The Morgan fingerprint density at radius 3 is 1.69 bits per heavy atom. The van der Waals surface area contributed by atoms with Gasteiger partial charge in [0.2, 0.25) is 0 Å². The molecule has 0 amide bonds. The van der Waals surface area contributed by atoms with Crippen LogP contribution in [-0.2, 0) is 0 Å². The molecule has 1 aromatic heterocycles. The van der Waals surface area contributed by atoms with Crippen LogP contribution >= 0.6 is 15.9 Å². The predicted octanol–water partition coefficient (Wildman–Crippen LogP) is 10.7. The largest absolute Gasteiger partial charge is 0.310 e. The summed E-state index contributed by atoms with van der Waals surface area (Å²) in [5.74, 6) is 0. The Kier molecular flexibility index (Phi) is 5.99. The van der Waals surface area contributed by atoms with Crippen molar-refractivity contribution in [1.29, 1.82) is 0 Å². The molecule has 0 saturated carbocycles. The zero-order valence-electron chi connectivity index (χ0n) is 21.2. The lowest BCUT2D eigenvalue weighted by molar-refractivity contribution is 1.18. The van der Waals surface area contributed by atoms with E-state index in [4.69, 9.17) is 0 Å². The second-order valence-electron chi connectivity index (χ2n) is 9.61. The molecular formula is C36H25BrN2. The molecule has 2 nitrogen and oxygen atoms in total. The van der Waals surface area contributed by atoms with Crippen molar-refractivity contribution in [2.75, 3.05) is 4.90 Å². The van der Waals surface area contributed by atoms with Gasteiger partial charge >= 0.3 is 0 Å². The summed E-state index contributed by atoms with van der Waals surface area (Å²) >= 11 is 3.54. The second-order valence-corrected chi connectivity index (χ2v) is 10.5. The fraction of sp³-hybridized carbons (Fsp3) is 0. The van der Waals surface area contributed by atoms with Crippen molar-refractivity contribution in [1.82, 2.24) is 4.57 Å². The monoisotopic (exact) mass is 564 g/mol. The molecule has 3 heteroatoms. The van der Waals surface area contributed by atoms with Gasteiger partial charge in [-0.1, -0.05) is 94.8 Å². The number of hydrogen-bond acceptors (Lipinski definition) is 1. The Morgan fingerprint density at radius 2 is 0.974 bits per heavy atom. The normalized spacial score (nSPS) is 11.2. The standard InChI is InChI=1S/C36H25BrN2/c37-28-19-15-26(16-20-28)27-17-21-31(22-18-27)38(29-9-3-1-4-10-29)32-23-24-36-34(25-32)33-13-7-8-14-35(33)39(36)30-11-5-2-6-12-30/h1-25H. The highest BCUT2D eigenvalue weighted by Gasteiger charge is 2.17. The van der Waals surface area contributed by atoms with Gasteiger partial charge in [0, 0.05) is 38.0 Å². The van der Waals surface area contributed by atoms with Crippen LogP contribution in [0.1, 0.15) is 0 Å². The molecule has 0 fully saturated rings. The quantitative estimate of drug-likeness (QED) is 0.202. The molecule has 0 bridgehead atoms. The average molecular weight is 566 g/mol. The minimum atomic E-state index is 1.09. The molecule has 6 aromatic carbocycles. The number of halogens is 1. The van der Waals surface area contributed by atoms with E-state index in [1.54, 1.807) is 0 Å². The minimum absolute atomic E-state index is 1.09. The first-order valence-electron chi connectivity index (χ1n) is 13.1. The zero-order chi connectivity index (χ0) is 26.2. The van der Waals surface area contributed by atoms with Crippen LogP contribution in [0.25, 0.3) is 38.6 Å². The van der Waals surface area contributed by atoms with E-state index in [9.17, 15) is 0 Å². The maximum Gasteiger partial charge on any atom is 0.0542 e. The maximum atomic E-state index is 3.54. The summed E-state index contributed by atoms with van der Waals surface area (Å²) in [6, 6.07) is 53.9. The number of hydrogen-bond donors (Lipinski definition) is 0. The Balaban J connectivity index is 1.39. The minimum Gasteiger partial charge on any atom is -0.310 e. The molecule has 0 radical (unpaired) electrons. The van der Waals surface area contributed by atoms with Crippen LogP contribution in [0.3, 0.4) is 0 Å². The molecular weight excluding hydrogens is 540 g/mol. The van der Waals surface area contributed by atoms with Gasteiger partial charge < -0.3 is 9.47 Å². The first-order chi connectivity index (χ1) is 19.3. The highest BCUT2D eigenvalue weighted by Crippen LogP contribution is 2.40. The summed E-state index contributed by atoms with van der Waals surface area (Å²) in [6.45, 7) is 0. The SMILES string of the molecule is Brc1ccc(-c2ccc(N(c3ccccc3)c3ccc4c(c3)c3ccccc3n4-c3ccccc3)cc2)cc1. The third-order valence-electron chi connectivity index (χ3n) is 7.25. The molecule has 7 aromatic rings. The van der Waals surface area contributed by atoms with E-state index >= 15 is 0 Å². The van der Waals surface area contributed by atoms with Crippen LogP contribution in [0, 0.1) is 0 Å². The first kappa shape index (κ1) is 23.5. The summed E-state index contributed by atoms with van der Waals surface area (Å²) in [4.78, 5) is 2.33. The molecule has 0 N–H and O–H groups in total. The third-order valence-corrected chi connectivity index (χ3v) is 7.77. The van der Waals surface area contributed by atoms with Gasteiger partial charge in [-0.05, 0) is 83.9 Å². The van der Waals surface area contributed by atoms with E-state index in [0.717, 1.165) is 21.5 Å². The van der Waals surface area contributed by atoms with Crippen LogP contribution < -0.4 is 4.90 Å². The van der Waals surface area contributed by atoms with Crippen LogP contribution in [0.5, 0.6) is 0 Å². The van der Waals surface area contributed by atoms with E-state index in [0.29, 0.717) is 0 Å². The van der Waals surface area contributed by atoms with E-state index in [-0.39, 0.29) is 0 Å². The lowest BCUT2D eigenvalue weighted by Crippen LogP contribution is -2.09. The fourth-order valence-electron chi connectivity index (χ4n) is 5.42. The van der Waals surface area contributed by atoms with E-state index in [2.05, 4.69) is 177 Å². The number of benzene rings is 6. The van der Waals surface area contributed by atoms with Gasteiger partial charge in [-0.25, -0.2) is 0 Å². The number of aromatic nitrogens is 1. The lowest BCUT2D eigenvalue weighted by Gasteiger charge is -2.26. The van der Waals surface area contributed by atoms with E-state index < -0.39 is 0 Å². The molecule has 7 rings (SSSR count). The van der Waals surface area contributed by atoms with E-state index in [1.807, 2.05) is 0 Å². The predicted molar refractivity (Wildman–Crippen MR) is 169 cm³/mol. The molecule has 1 heterocycles. The molecule has 39 heavy (non-hydrogen) atoms. The summed E-state index contributed by atoms with van der Waals surface area (Å²) < 4.78 is 3.44. The van der Waals surface area contributed by atoms with Crippen LogP contribution in [0.2, 0.25) is 0 Å². The molecule has 0 aliphatic heterocycles. The molecule has 186 valence electrons. The highest BCUT2D eigenvalue weighted by molar-refractivity contribution is 9.10. The zero-order valence-corrected chi connectivity index (χ0v) is 22.8. The fourth-order valence-corrected chi connectivity index (χ4v) is 5.69. The molecule has 0 spiro atoms. The second kappa shape index (κ2) is 9.94. The number of anilines is 3. The van der Waals surface area contributed by atoms with Gasteiger partial charge in [0.15, 0.2) is 0 Å². The van der Waals surface area contributed by atoms with Gasteiger partial charge in [0.1, 0.15) is 0 Å². The number of para-hydroxylation sites is 3. The Labute approximate surface area is 236 Å². The van der Waals surface area contributed by atoms with Crippen molar-refractivity contribution < 1.29 is 0 Å². The lowest BCUT2D eigenvalue weighted by atomic mass is 10.0. The molecule has 0 saturated heterocycles. The first-order valence-corrected chi connectivity index (χ1v) is 13.9. The maximum absolute atomic E-state index is 3.54. The van der Waals surface area contributed by atoms with Crippen molar-refractivity contribution in [3.05, 3.63) is 156 Å². The molecule has 0 aliphatic carbocycles.